The van der Waals surface area contributed by atoms with E-state index in [4.69, 9.17) is 16.0 Å². The molecular formula is C16H9BrClIN2O3. The van der Waals surface area contributed by atoms with Gasteiger partial charge in [-0.05, 0) is 59.0 Å². The molecule has 8 heteroatoms. The van der Waals surface area contributed by atoms with E-state index in [-0.39, 0.29) is 11.5 Å². The number of carbonyl (C=O) groups excluding carboxylic acids is 1. The molecule has 0 atom stereocenters. The number of nitrogens with zero attached hydrogens (tertiary/aromatic N) is 1. The number of hydrazone groups is 1. The fourth-order valence-electron chi connectivity index (χ4n) is 2.03. The fourth-order valence-corrected chi connectivity index (χ4v) is 3.76. The monoisotopic (exact) mass is 518 g/mol. The molecule has 0 fully saturated rings. The lowest BCUT2D eigenvalue weighted by molar-refractivity contribution is 0.0929. The van der Waals surface area contributed by atoms with Gasteiger partial charge >= 0.3 is 5.91 Å². The molecule has 0 radical (unpaired) electrons. The molecule has 5 nitrogen and oxygen atoms in total. The minimum Gasteiger partial charge on any atom is -0.506 e. The number of benzene rings is 2. The van der Waals surface area contributed by atoms with E-state index in [0.717, 1.165) is 9.86 Å². The summed E-state index contributed by atoms with van der Waals surface area (Å²) in [5.41, 5.74) is 3.40. The molecule has 0 saturated carbocycles. The lowest BCUT2D eigenvalue weighted by Gasteiger charge is -2.02. The SMILES string of the molecule is O=C(N/N=C\c1cc(Br)cc(I)c1O)c1cc2cc(Cl)ccc2o1. The average Bonchev–Trinajstić information content (AvgIpc) is 2.95. The third-order valence-electron chi connectivity index (χ3n) is 3.13. The molecule has 2 N–H and O–H groups in total. The summed E-state index contributed by atoms with van der Waals surface area (Å²) in [4.78, 5) is 12.1. The maximum Gasteiger partial charge on any atom is 0.307 e. The molecule has 0 unspecified atom stereocenters. The van der Waals surface area contributed by atoms with Crippen molar-refractivity contribution in [1.29, 1.82) is 0 Å². The molecule has 1 aromatic heterocycles. The molecule has 0 bridgehead atoms. The molecule has 3 aromatic rings. The Bertz CT molecular complexity index is 971. The Morgan fingerprint density at radius 2 is 2.12 bits per heavy atom. The molecule has 122 valence electrons. The molecule has 3 rings (SSSR count). The van der Waals surface area contributed by atoms with E-state index in [1.54, 1.807) is 36.4 Å². The van der Waals surface area contributed by atoms with Crippen LogP contribution in [0, 0.1) is 3.57 Å². The molecule has 1 amide bonds. The second kappa shape index (κ2) is 7.12. The summed E-state index contributed by atoms with van der Waals surface area (Å²) in [5.74, 6) is -0.282. The largest absolute Gasteiger partial charge is 0.506 e. The number of rotatable bonds is 3. The average molecular weight is 520 g/mol. The molecule has 0 aliphatic carbocycles. The number of hydrogen-bond donors (Lipinski definition) is 2. The van der Waals surface area contributed by atoms with Gasteiger partial charge < -0.3 is 9.52 Å². The van der Waals surface area contributed by atoms with Gasteiger partial charge in [0.1, 0.15) is 11.3 Å². The number of amides is 1. The Morgan fingerprint density at radius 3 is 2.92 bits per heavy atom. The Hall–Kier alpha value is -1.58. The summed E-state index contributed by atoms with van der Waals surface area (Å²) in [7, 11) is 0. The van der Waals surface area contributed by atoms with Crippen molar-refractivity contribution >= 4 is 73.2 Å². The second-order valence-corrected chi connectivity index (χ2v) is 7.33. The van der Waals surface area contributed by atoms with E-state index >= 15 is 0 Å². The van der Waals surface area contributed by atoms with Gasteiger partial charge in [-0.3, -0.25) is 4.79 Å². The first-order valence-electron chi connectivity index (χ1n) is 6.64. The van der Waals surface area contributed by atoms with Crippen LogP contribution in [0.2, 0.25) is 5.02 Å². The van der Waals surface area contributed by atoms with Gasteiger partial charge in [-0.1, -0.05) is 27.5 Å². The smallest absolute Gasteiger partial charge is 0.307 e. The summed E-state index contributed by atoms with van der Waals surface area (Å²) in [6, 6.07) is 10.1. The molecular weight excluding hydrogens is 510 g/mol. The molecule has 0 aliphatic rings. The van der Waals surface area contributed by atoms with Crippen LogP contribution in [-0.4, -0.2) is 17.2 Å². The number of phenols is 1. The lowest BCUT2D eigenvalue weighted by Crippen LogP contribution is -2.16. The van der Waals surface area contributed by atoms with Gasteiger partial charge in [0.05, 0.1) is 9.78 Å². The third-order valence-corrected chi connectivity index (χ3v) is 4.64. The van der Waals surface area contributed by atoms with E-state index in [2.05, 4.69) is 26.5 Å². The van der Waals surface area contributed by atoms with Gasteiger partial charge in [0, 0.05) is 20.4 Å². The van der Waals surface area contributed by atoms with Crippen molar-refractivity contribution in [2.24, 2.45) is 5.10 Å². The molecule has 0 spiro atoms. The maximum absolute atomic E-state index is 12.1. The topological polar surface area (TPSA) is 74.8 Å². The van der Waals surface area contributed by atoms with Crippen molar-refractivity contribution in [2.75, 3.05) is 0 Å². The number of furan rings is 1. The van der Waals surface area contributed by atoms with Crippen LogP contribution in [0.1, 0.15) is 16.1 Å². The Balaban J connectivity index is 1.77. The van der Waals surface area contributed by atoms with E-state index in [0.29, 0.717) is 19.7 Å². The number of fused-ring (bicyclic) bond motifs is 1. The summed E-state index contributed by atoms with van der Waals surface area (Å²) in [6.45, 7) is 0. The molecule has 0 aliphatic heterocycles. The first-order valence-corrected chi connectivity index (χ1v) is 8.89. The quantitative estimate of drug-likeness (QED) is 0.293. The van der Waals surface area contributed by atoms with E-state index < -0.39 is 5.91 Å². The van der Waals surface area contributed by atoms with Crippen molar-refractivity contribution < 1.29 is 14.3 Å². The molecule has 2 aromatic carbocycles. The predicted molar refractivity (Wildman–Crippen MR) is 105 cm³/mol. The highest BCUT2D eigenvalue weighted by molar-refractivity contribution is 14.1. The van der Waals surface area contributed by atoms with E-state index in [9.17, 15) is 9.90 Å². The fraction of sp³-hybridized carbons (Fsp3) is 0. The van der Waals surface area contributed by atoms with Gasteiger partial charge in [0.2, 0.25) is 0 Å². The molecule has 24 heavy (non-hydrogen) atoms. The zero-order valence-electron chi connectivity index (χ0n) is 11.9. The second-order valence-electron chi connectivity index (χ2n) is 4.82. The summed E-state index contributed by atoms with van der Waals surface area (Å²) in [5, 5.41) is 15.1. The van der Waals surface area contributed by atoms with E-state index in [1.807, 2.05) is 22.6 Å². The highest BCUT2D eigenvalue weighted by atomic mass is 127. The normalized spacial score (nSPS) is 11.3. The van der Waals surface area contributed by atoms with Gasteiger partial charge in [0.25, 0.3) is 0 Å². The van der Waals surface area contributed by atoms with Crippen molar-refractivity contribution in [1.82, 2.24) is 5.43 Å². The molecule has 1 heterocycles. The van der Waals surface area contributed by atoms with Gasteiger partial charge in [-0.2, -0.15) is 5.10 Å². The number of phenolic OH excluding ortho intramolecular Hbond substituents is 1. The third kappa shape index (κ3) is 3.73. The van der Waals surface area contributed by atoms with Crippen molar-refractivity contribution in [2.45, 2.75) is 0 Å². The molecule has 0 saturated heterocycles. The minimum atomic E-state index is -0.497. The number of aromatic hydroxyl groups is 1. The summed E-state index contributed by atoms with van der Waals surface area (Å²) in [6.07, 6.45) is 1.36. The van der Waals surface area contributed by atoms with Crippen LogP contribution in [-0.2, 0) is 0 Å². The van der Waals surface area contributed by atoms with Crippen molar-refractivity contribution in [3.8, 4) is 5.75 Å². The number of hydrogen-bond acceptors (Lipinski definition) is 4. The zero-order chi connectivity index (χ0) is 17.3. The summed E-state index contributed by atoms with van der Waals surface area (Å²) >= 11 is 11.3. The van der Waals surface area contributed by atoms with Crippen LogP contribution in [0.15, 0.2) is 50.4 Å². The minimum absolute atomic E-state index is 0.0928. The van der Waals surface area contributed by atoms with Gasteiger partial charge in [0.15, 0.2) is 5.76 Å². The lowest BCUT2D eigenvalue weighted by atomic mass is 10.2. The van der Waals surface area contributed by atoms with Crippen molar-refractivity contribution in [3.63, 3.8) is 0 Å². The highest BCUT2D eigenvalue weighted by Gasteiger charge is 2.12. The van der Waals surface area contributed by atoms with Crippen LogP contribution in [0.25, 0.3) is 11.0 Å². The Kier molecular flexibility index (Phi) is 5.12. The highest BCUT2D eigenvalue weighted by Crippen LogP contribution is 2.27. The Morgan fingerprint density at radius 1 is 1.33 bits per heavy atom. The van der Waals surface area contributed by atoms with Crippen LogP contribution in [0.5, 0.6) is 5.75 Å². The standard InChI is InChI=1S/C16H9BrClIN2O3/c17-10-3-9(15(22)12(19)6-10)7-20-21-16(23)14-5-8-4-11(18)1-2-13(8)24-14/h1-7,22H,(H,21,23)/b20-7-. The van der Waals surface area contributed by atoms with Crippen molar-refractivity contribution in [3.05, 3.63) is 60.8 Å². The number of nitrogens with one attached hydrogen (secondary N) is 1. The van der Waals surface area contributed by atoms with Crippen LogP contribution < -0.4 is 5.43 Å². The summed E-state index contributed by atoms with van der Waals surface area (Å²) < 4.78 is 6.91. The first kappa shape index (κ1) is 17.2. The van der Waals surface area contributed by atoms with Crippen LogP contribution in [0.3, 0.4) is 0 Å². The maximum atomic E-state index is 12.1. The Labute approximate surface area is 163 Å². The van der Waals surface area contributed by atoms with Crippen LogP contribution in [0.4, 0.5) is 0 Å². The van der Waals surface area contributed by atoms with Gasteiger partial charge in [-0.15, -0.1) is 0 Å². The number of carbonyl (C=O) groups is 1. The van der Waals surface area contributed by atoms with E-state index in [1.165, 1.54) is 6.21 Å². The van der Waals surface area contributed by atoms with Gasteiger partial charge in [-0.25, -0.2) is 5.43 Å². The zero-order valence-corrected chi connectivity index (χ0v) is 16.4. The van der Waals surface area contributed by atoms with Crippen LogP contribution >= 0.6 is 50.1 Å². The predicted octanol–water partition coefficient (Wildman–Crippen LogP) is 4.92. The first-order chi connectivity index (χ1) is 11.4. The number of halogens is 3.